The third kappa shape index (κ3) is 9.20. The summed E-state index contributed by atoms with van der Waals surface area (Å²) in [6.07, 6.45) is 7.87. The average molecular weight is 127 g/mol. The lowest BCUT2D eigenvalue weighted by Crippen LogP contribution is -1.66. The molecule has 0 aliphatic heterocycles. The molecule has 0 spiro atoms. The molecule has 0 N–H and O–H groups in total. The second-order valence-electron chi connectivity index (χ2n) is 1.34. The van der Waals surface area contributed by atoms with Crippen LogP contribution >= 0.6 is 0 Å². The summed E-state index contributed by atoms with van der Waals surface area (Å²) in [5.41, 5.74) is 0. The van der Waals surface area contributed by atoms with Crippen LogP contribution in [0, 0.1) is 6.42 Å². The normalized spacial score (nSPS) is 7.00. The Morgan fingerprint density at radius 3 is 1.62 bits per heavy atom. The number of hydrogen-bond acceptors (Lipinski definition) is 0. The molecule has 0 saturated heterocycles. The van der Waals surface area contributed by atoms with E-state index in [1.807, 2.05) is 12.2 Å². The molecule has 0 rings (SSSR count). The van der Waals surface area contributed by atoms with E-state index in [0.29, 0.717) is 0 Å². The molecule has 0 nitrogen and oxygen atoms in total. The first-order chi connectivity index (χ1) is 3.41. The minimum atomic E-state index is 0. The van der Waals surface area contributed by atoms with Crippen molar-refractivity contribution in [1.29, 1.82) is 0 Å². The van der Waals surface area contributed by atoms with Crippen LogP contribution in [0.5, 0.6) is 0 Å². The monoisotopic (exact) mass is 127 g/mol. The van der Waals surface area contributed by atoms with Crippen molar-refractivity contribution in [2.24, 2.45) is 0 Å². The first kappa shape index (κ1) is 10.6. The van der Waals surface area contributed by atoms with Gasteiger partial charge in [-0.15, -0.1) is 13.2 Å². The van der Waals surface area contributed by atoms with Crippen LogP contribution in [0.25, 0.3) is 0 Å². The largest absolute Gasteiger partial charge is 0.103 e. The molecule has 0 aliphatic rings. The van der Waals surface area contributed by atoms with Crippen LogP contribution in [0.2, 0.25) is 0 Å². The highest BCUT2D eigenvalue weighted by atomic mass is 28.1. The summed E-state index contributed by atoms with van der Waals surface area (Å²) < 4.78 is 0. The lowest BCUT2D eigenvalue weighted by molar-refractivity contribution is 1.11. The van der Waals surface area contributed by atoms with Crippen LogP contribution in [0.3, 0.4) is 0 Å². The van der Waals surface area contributed by atoms with Crippen molar-refractivity contribution in [3.63, 3.8) is 0 Å². The summed E-state index contributed by atoms with van der Waals surface area (Å²) in [5, 5.41) is 0. The molecule has 0 heterocycles. The number of allylic oxidation sites excluding steroid dienone is 2. The second kappa shape index (κ2) is 9.85. The van der Waals surface area contributed by atoms with Gasteiger partial charge in [-0.3, -0.25) is 0 Å². The SMILES string of the molecule is C=CC[CH]CC=C.[SiH4]. The van der Waals surface area contributed by atoms with E-state index in [2.05, 4.69) is 19.6 Å². The Morgan fingerprint density at radius 2 is 1.38 bits per heavy atom. The van der Waals surface area contributed by atoms with Gasteiger partial charge in [0.25, 0.3) is 0 Å². The zero-order chi connectivity index (χ0) is 5.54. The average Bonchev–Trinajstić information content (AvgIpc) is 1.69. The summed E-state index contributed by atoms with van der Waals surface area (Å²) in [6.45, 7) is 7.13. The molecule has 0 fully saturated rings. The van der Waals surface area contributed by atoms with Crippen LogP contribution in [-0.4, -0.2) is 11.0 Å². The molecule has 0 amide bonds. The van der Waals surface area contributed by atoms with E-state index in [9.17, 15) is 0 Å². The Labute approximate surface area is 56.3 Å². The van der Waals surface area contributed by atoms with Crippen LogP contribution in [0.4, 0.5) is 0 Å². The number of unbranched alkanes of at least 4 members (excludes halogenated alkanes) is 2. The molecule has 0 atom stereocenters. The predicted molar refractivity (Wildman–Crippen MR) is 45.3 cm³/mol. The van der Waals surface area contributed by atoms with Gasteiger partial charge in [0, 0.05) is 0 Å². The van der Waals surface area contributed by atoms with Crippen molar-refractivity contribution >= 4 is 11.0 Å². The molecule has 1 radical (unpaired) electrons. The van der Waals surface area contributed by atoms with Gasteiger partial charge in [-0.05, 0) is 30.2 Å². The third-order valence-corrected chi connectivity index (χ3v) is 0.667. The predicted octanol–water partition coefficient (Wildman–Crippen LogP) is 0.891. The smallest absolute Gasteiger partial charge is 0.0149 e. The van der Waals surface area contributed by atoms with E-state index >= 15 is 0 Å². The molecule has 0 aromatic carbocycles. The topological polar surface area (TPSA) is 0 Å². The summed E-state index contributed by atoms with van der Waals surface area (Å²) in [5.74, 6) is 0. The standard InChI is InChI=1S/C7H11.H4Si/c1-3-5-7-6-4-2;/h3-4,7H,1-2,5-6H2;1H4. The fraction of sp³-hybridized carbons (Fsp3) is 0.286. The fourth-order valence-corrected chi connectivity index (χ4v) is 0.332. The zero-order valence-electron chi connectivity index (χ0n) is 4.56. The molecule has 0 aromatic rings. The van der Waals surface area contributed by atoms with E-state index in [-0.39, 0.29) is 11.0 Å². The Bertz CT molecular complexity index is 49.4. The molecule has 0 aromatic heterocycles. The highest BCUT2D eigenvalue weighted by molar-refractivity contribution is 5.75. The van der Waals surface area contributed by atoms with Crippen molar-refractivity contribution in [1.82, 2.24) is 0 Å². The van der Waals surface area contributed by atoms with Gasteiger partial charge in [0.1, 0.15) is 0 Å². The molecule has 8 heavy (non-hydrogen) atoms. The highest BCUT2D eigenvalue weighted by Crippen LogP contribution is 1.92. The lowest BCUT2D eigenvalue weighted by atomic mass is 10.2. The molecule has 1 heteroatoms. The fourth-order valence-electron chi connectivity index (χ4n) is 0.332. The summed E-state index contributed by atoms with van der Waals surface area (Å²) >= 11 is 0. The second-order valence-corrected chi connectivity index (χ2v) is 1.34. The molecule has 0 unspecified atom stereocenters. The minimum absolute atomic E-state index is 0. The van der Waals surface area contributed by atoms with Gasteiger partial charge < -0.3 is 0 Å². The van der Waals surface area contributed by atoms with Gasteiger partial charge in [0.2, 0.25) is 0 Å². The summed E-state index contributed by atoms with van der Waals surface area (Å²) in [4.78, 5) is 0. The van der Waals surface area contributed by atoms with Crippen LogP contribution < -0.4 is 0 Å². The third-order valence-electron chi connectivity index (χ3n) is 0.667. The van der Waals surface area contributed by atoms with Crippen LogP contribution in [0.15, 0.2) is 25.3 Å². The van der Waals surface area contributed by atoms with Crippen LogP contribution in [0.1, 0.15) is 12.8 Å². The molecule has 47 valence electrons. The summed E-state index contributed by atoms with van der Waals surface area (Å²) in [7, 11) is 0. The van der Waals surface area contributed by atoms with Crippen molar-refractivity contribution in [3.8, 4) is 0 Å². The first-order valence-electron chi connectivity index (χ1n) is 2.45. The quantitative estimate of drug-likeness (QED) is 0.299. The van der Waals surface area contributed by atoms with Crippen molar-refractivity contribution in [2.45, 2.75) is 12.8 Å². The van der Waals surface area contributed by atoms with Gasteiger partial charge >= 0.3 is 0 Å². The maximum Gasteiger partial charge on any atom is -0.0149 e. The lowest BCUT2D eigenvalue weighted by Gasteiger charge is -1.83. The van der Waals surface area contributed by atoms with Gasteiger partial charge in [-0.2, -0.15) is 0 Å². The highest BCUT2D eigenvalue weighted by Gasteiger charge is 1.74. The van der Waals surface area contributed by atoms with E-state index < -0.39 is 0 Å². The molecule has 0 bridgehead atoms. The van der Waals surface area contributed by atoms with Gasteiger partial charge in [-0.25, -0.2) is 0 Å². The van der Waals surface area contributed by atoms with Crippen LogP contribution in [-0.2, 0) is 0 Å². The molecule has 0 aliphatic carbocycles. The number of hydrogen-bond donors (Lipinski definition) is 0. The van der Waals surface area contributed by atoms with Gasteiger partial charge in [0.05, 0.1) is 0 Å². The first-order valence-corrected chi connectivity index (χ1v) is 2.45. The Kier molecular flexibility index (Phi) is 13.1. The van der Waals surface area contributed by atoms with Crippen molar-refractivity contribution in [2.75, 3.05) is 0 Å². The zero-order valence-corrected chi connectivity index (χ0v) is 4.56. The number of rotatable bonds is 4. The van der Waals surface area contributed by atoms with Gasteiger partial charge in [0.15, 0.2) is 0 Å². The Balaban J connectivity index is 0. The Hall–Kier alpha value is -0.303. The Morgan fingerprint density at radius 1 is 1.00 bits per heavy atom. The van der Waals surface area contributed by atoms with Crippen molar-refractivity contribution < 1.29 is 0 Å². The maximum absolute atomic E-state index is 3.57. The molecular weight excluding hydrogens is 112 g/mol. The molecule has 0 saturated carbocycles. The maximum atomic E-state index is 3.57. The summed E-state index contributed by atoms with van der Waals surface area (Å²) in [6, 6.07) is 0. The minimum Gasteiger partial charge on any atom is -0.103 e. The van der Waals surface area contributed by atoms with E-state index in [1.54, 1.807) is 0 Å². The van der Waals surface area contributed by atoms with E-state index in [4.69, 9.17) is 0 Å². The van der Waals surface area contributed by atoms with Crippen molar-refractivity contribution in [3.05, 3.63) is 31.7 Å². The molecular formula is C7H15Si. The van der Waals surface area contributed by atoms with E-state index in [1.165, 1.54) is 0 Å². The van der Waals surface area contributed by atoms with Gasteiger partial charge in [-0.1, -0.05) is 12.2 Å². The van der Waals surface area contributed by atoms with E-state index in [0.717, 1.165) is 12.8 Å².